The Morgan fingerprint density at radius 2 is 1.61 bits per heavy atom. The van der Waals surface area contributed by atoms with E-state index in [-0.39, 0.29) is 0 Å². The number of allylic oxidation sites excluding steroid dienone is 5. The van der Waals surface area contributed by atoms with Gasteiger partial charge in [0.2, 0.25) is 5.96 Å². The van der Waals surface area contributed by atoms with Gasteiger partial charge in [-0.2, -0.15) is 0 Å². The number of benzene rings is 1. The third-order valence-electron chi connectivity index (χ3n) is 11.6. The van der Waals surface area contributed by atoms with Gasteiger partial charge in [0.05, 0.1) is 28.7 Å². The summed E-state index contributed by atoms with van der Waals surface area (Å²) in [6.07, 6.45) is 36.4. The van der Waals surface area contributed by atoms with Crippen LogP contribution in [-0.2, 0) is 13.5 Å². The highest BCUT2D eigenvalue weighted by Gasteiger charge is 2.24. The zero-order valence-corrected chi connectivity index (χ0v) is 37.8. The van der Waals surface area contributed by atoms with Gasteiger partial charge in [-0.25, -0.2) is 4.98 Å². The lowest BCUT2D eigenvalue weighted by molar-refractivity contribution is 0.358. The average molecular weight is 830 g/mol. The molecular weight excluding hydrogens is 752 g/mol. The van der Waals surface area contributed by atoms with E-state index < -0.39 is 0 Å². The molecule has 2 heterocycles. The van der Waals surface area contributed by atoms with E-state index in [0.29, 0.717) is 11.8 Å². The Kier molecular flexibility index (Phi) is 23.1. The van der Waals surface area contributed by atoms with E-state index in [9.17, 15) is 0 Å². The third kappa shape index (κ3) is 17.1. The van der Waals surface area contributed by atoms with E-state index >= 15 is 0 Å². The number of aliphatic imine (C=N–C) groups is 2. The van der Waals surface area contributed by atoms with Crippen molar-refractivity contribution in [1.82, 2.24) is 14.5 Å². The molecule has 3 rings (SSSR count). The number of aromatic nitrogens is 2. The molecule has 1 aromatic heterocycles. The number of anilines is 1. The topological polar surface area (TPSA) is 57.8 Å². The smallest absolute Gasteiger partial charge is 0.202 e. The van der Waals surface area contributed by atoms with Crippen LogP contribution in [0, 0.1) is 18.8 Å². The van der Waals surface area contributed by atoms with Gasteiger partial charge in [-0.3, -0.25) is 9.98 Å². The van der Waals surface area contributed by atoms with Gasteiger partial charge in [0, 0.05) is 37.4 Å². The predicted octanol–water partition coefficient (Wildman–Crippen LogP) is 14.8. The molecule has 1 unspecified atom stereocenters. The SMILES string of the molecule is C=C(CCCCCCC/C=C\CCCCCCCC)CCC(Cc1cncn1C)[C@H](C)C(=C)CCCC(=C)N1CCN=C1Nc1ccc(C)c(N=CCC)c1Br. The highest BCUT2D eigenvalue weighted by molar-refractivity contribution is 9.10. The first-order chi connectivity index (χ1) is 27.2. The molecule has 2 atom stereocenters. The van der Waals surface area contributed by atoms with Crippen molar-refractivity contribution in [3.8, 4) is 0 Å². The number of guanidine groups is 1. The van der Waals surface area contributed by atoms with Gasteiger partial charge >= 0.3 is 0 Å². The molecule has 1 aliphatic rings. The Morgan fingerprint density at radius 3 is 2.29 bits per heavy atom. The first kappa shape index (κ1) is 47.2. The molecule has 0 amide bonds. The minimum Gasteiger partial charge on any atom is -0.338 e. The number of rotatable bonds is 30. The Labute approximate surface area is 351 Å². The van der Waals surface area contributed by atoms with Gasteiger partial charge in [-0.15, -0.1) is 0 Å². The quantitative estimate of drug-likeness (QED) is 0.0485. The van der Waals surface area contributed by atoms with Crippen LogP contribution in [0.1, 0.15) is 160 Å². The predicted molar refractivity (Wildman–Crippen MR) is 249 cm³/mol. The minimum atomic E-state index is 0.417. The van der Waals surface area contributed by atoms with E-state index in [1.165, 1.54) is 100 Å². The van der Waals surface area contributed by atoms with Gasteiger partial charge < -0.3 is 14.8 Å². The number of nitrogens with zero attached hydrogens (tertiary/aromatic N) is 5. The molecule has 0 bridgehead atoms. The molecule has 56 heavy (non-hydrogen) atoms. The van der Waals surface area contributed by atoms with Crippen LogP contribution >= 0.6 is 15.9 Å². The molecule has 310 valence electrons. The van der Waals surface area contributed by atoms with Crippen LogP contribution in [0.4, 0.5) is 11.4 Å². The maximum absolute atomic E-state index is 4.79. The van der Waals surface area contributed by atoms with Crippen molar-refractivity contribution in [1.29, 1.82) is 0 Å². The Bertz CT molecular complexity index is 1560. The van der Waals surface area contributed by atoms with Crippen molar-refractivity contribution < 1.29 is 0 Å². The van der Waals surface area contributed by atoms with Crippen LogP contribution in [0.2, 0.25) is 0 Å². The van der Waals surface area contributed by atoms with Crippen molar-refractivity contribution in [2.24, 2.45) is 28.9 Å². The summed E-state index contributed by atoms with van der Waals surface area (Å²) in [6, 6.07) is 4.20. The molecule has 0 radical (unpaired) electrons. The minimum absolute atomic E-state index is 0.417. The molecule has 0 spiro atoms. The molecule has 0 fully saturated rings. The summed E-state index contributed by atoms with van der Waals surface area (Å²) in [6.45, 7) is 24.1. The van der Waals surface area contributed by atoms with E-state index in [1.807, 2.05) is 18.7 Å². The average Bonchev–Trinajstić information content (AvgIpc) is 3.83. The molecule has 1 aliphatic heterocycles. The normalized spacial score (nSPS) is 14.2. The van der Waals surface area contributed by atoms with E-state index in [2.05, 4.69) is 119 Å². The number of nitrogens with one attached hydrogen (secondary N) is 1. The highest BCUT2D eigenvalue weighted by atomic mass is 79.9. The van der Waals surface area contributed by atoms with Gasteiger partial charge in [0.15, 0.2) is 0 Å². The number of hydrogen-bond acceptors (Lipinski definition) is 5. The van der Waals surface area contributed by atoms with E-state index in [0.717, 1.165) is 97.5 Å². The lowest BCUT2D eigenvalue weighted by atomic mass is 9.79. The highest BCUT2D eigenvalue weighted by Crippen LogP contribution is 2.37. The van der Waals surface area contributed by atoms with Crippen molar-refractivity contribution in [3.05, 3.63) is 89.1 Å². The maximum Gasteiger partial charge on any atom is 0.202 e. The Balaban J connectivity index is 1.39. The lowest BCUT2D eigenvalue weighted by Gasteiger charge is -2.27. The second-order valence-corrected chi connectivity index (χ2v) is 17.0. The van der Waals surface area contributed by atoms with Gasteiger partial charge in [0.1, 0.15) is 0 Å². The molecule has 0 saturated heterocycles. The monoisotopic (exact) mass is 829 g/mol. The second kappa shape index (κ2) is 27.4. The summed E-state index contributed by atoms with van der Waals surface area (Å²) in [7, 11) is 2.11. The largest absolute Gasteiger partial charge is 0.338 e. The lowest BCUT2D eigenvalue weighted by Crippen LogP contribution is -2.32. The van der Waals surface area contributed by atoms with Crippen LogP contribution in [-0.4, -0.2) is 39.7 Å². The Morgan fingerprint density at radius 1 is 0.911 bits per heavy atom. The molecule has 1 N–H and O–H groups in total. The zero-order chi connectivity index (χ0) is 40.5. The first-order valence-corrected chi connectivity index (χ1v) is 23.0. The number of hydrogen-bond donors (Lipinski definition) is 1. The van der Waals surface area contributed by atoms with Crippen molar-refractivity contribution >= 4 is 39.5 Å². The van der Waals surface area contributed by atoms with Gasteiger partial charge in [-0.05, 0) is 130 Å². The van der Waals surface area contributed by atoms with Crippen molar-refractivity contribution in [2.75, 3.05) is 18.4 Å². The van der Waals surface area contributed by atoms with Crippen LogP contribution in [0.3, 0.4) is 0 Å². The van der Waals surface area contributed by atoms with Crippen LogP contribution in [0.25, 0.3) is 0 Å². The van der Waals surface area contributed by atoms with Crippen LogP contribution < -0.4 is 5.32 Å². The summed E-state index contributed by atoms with van der Waals surface area (Å²) >= 11 is 3.79. The summed E-state index contributed by atoms with van der Waals surface area (Å²) < 4.78 is 3.13. The fraction of sp³-hybridized carbons (Fsp3) is 0.612. The van der Waals surface area contributed by atoms with Crippen LogP contribution in [0.5, 0.6) is 0 Å². The molecule has 1 aromatic carbocycles. The van der Waals surface area contributed by atoms with Crippen LogP contribution in [0.15, 0.2) is 87.8 Å². The fourth-order valence-electron chi connectivity index (χ4n) is 7.64. The molecule has 6 nitrogen and oxygen atoms in total. The number of unbranched alkanes of at least 4 members (excludes halogenated alkanes) is 11. The van der Waals surface area contributed by atoms with Gasteiger partial charge in [0.25, 0.3) is 0 Å². The maximum atomic E-state index is 4.79. The second-order valence-electron chi connectivity index (χ2n) is 16.2. The number of aryl methyl sites for hydroxylation is 2. The summed E-state index contributed by atoms with van der Waals surface area (Å²) in [5.74, 6) is 1.78. The zero-order valence-electron chi connectivity index (χ0n) is 36.2. The van der Waals surface area contributed by atoms with Crippen molar-refractivity contribution in [3.63, 3.8) is 0 Å². The first-order valence-electron chi connectivity index (χ1n) is 22.2. The molecule has 7 heteroatoms. The molecule has 2 aromatic rings. The van der Waals surface area contributed by atoms with E-state index in [1.54, 1.807) is 0 Å². The fourth-order valence-corrected chi connectivity index (χ4v) is 8.28. The summed E-state index contributed by atoms with van der Waals surface area (Å²) in [4.78, 5) is 16.1. The number of halogens is 1. The summed E-state index contributed by atoms with van der Waals surface area (Å²) in [5, 5.41) is 3.56. The standard InChI is InChI=1S/C49H77BrN6/c1-9-11-12-13-14-15-16-17-18-19-20-21-22-23-24-26-39(3)29-31-44(36-45-37-51-38-55(45)8)43(7)40(4)27-25-28-42(6)56-35-34-53-49(56)54-46-32-30-41(5)48(47(46)50)52-33-10-2/h17-18,30,32-33,37-38,43-44H,3-4,6,9-16,19-29,31,34-36H2,1-2,5,7-8H3,(H,53,54)/b18-17-,52-33?/t43-,44?/m1/s1. The molecular formula is C49H77BrN6. The summed E-state index contributed by atoms with van der Waals surface area (Å²) in [5.41, 5.74) is 8.20. The van der Waals surface area contributed by atoms with Gasteiger partial charge in [-0.1, -0.05) is 121 Å². The Hall–Kier alpha value is -3.19. The third-order valence-corrected chi connectivity index (χ3v) is 12.4. The van der Waals surface area contributed by atoms with E-state index in [4.69, 9.17) is 4.99 Å². The number of imidazole rings is 1. The van der Waals surface area contributed by atoms with Crippen molar-refractivity contribution in [2.45, 2.75) is 163 Å². The molecule has 0 saturated carbocycles. The molecule has 0 aliphatic carbocycles.